The summed E-state index contributed by atoms with van der Waals surface area (Å²) >= 11 is 0. The molecule has 0 saturated heterocycles. The quantitative estimate of drug-likeness (QED) is 0.523. The van der Waals surface area contributed by atoms with Crippen molar-refractivity contribution in [2.75, 3.05) is 0 Å². The summed E-state index contributed by atoms with van der Waals surface area (Å²) in [5.74, 6) is 0. The van der Waals surface area contributed by atoms with Gasteiger partial charge < -0.3 is 0 Å². The van der Waals surface area contributed by atoms with E-state index < -0.39 is 0 Å². The van der Waals surface area contributed by atoms with Crippen molar-refractivity contribution in [3.63, 3.8) is 0 Å². The normalized spacial score (nSPS) is 8.22. The van der Waals surface area contributed by atoms with Crippen molar-refractivity contribution in [1.82, 2.24) is 0 Å². The van der Waals surface area contributed by atoms with E-state index in [9.17, 15) is 0 Å². The van der Waals surface area contributed by atoms with Gasteiger partial charge in [-0.15, -0.1) is 0 Å². The van der Waals surface area contributed by atoms with E-state index in [4.69, 9.17) is 0 Å². The zero-order chi connectivity index (χ0) is 5.98. The first kappa shape index (κ1) is 8.86. The predicted molar refractivity (Wildman–Crippen MR) is 45.9 cm³/mol. The second kappa shape index (κ2) is 3.80. The molecule has 9 heavy (non-hydrogen) atoms. The van der Waals surface area contributed by atoms with E-state index in [1.165, 1.54) is 11.1 Å². The van der Waals surface area contributed by atoms with Crippen LogP contribution in [0.1, 0.15) is 11.1 Å². The van der Waals surface area contributed by atoms with Crippen LogP contribution in [0.2, 0.25) is 0 Å². The Balaban J connectivity index is 0.000000640. The molecule has 0 aliphatic heterocycles. The summed E-state index contributed by atoms with van der Waals surface area (Å²) in [5, 5.41) is 0. The molecule has 0 unspecified atom stereocenters. The molecule has 0 aliphatic carbocycles. The van der Waals surface area contributed by atoms with Gasteiger partial charge in [-0.3, -0.25) is 0 Å². The number of hydrogen-bond acceptors (Lipinski definition) is 0. The van der Waals surface area contributed by atoms with E-state index in [1.807, 2.05) is 0 Å². The Kier molecular flexibility index (Phi) is 3.74. The van der Waals surface area contributed by atoms with Crippen LogP contribution in [-0.4, -0.2) is 19.8 Å². The van der Waals surface area contributed by atoms with E-state index >= 15 is 0 Å². The average Bonchev–Trinajstić information content (AvgIpc) is 1.77. The molecule has 1 heteroatoms. The van der Waals surface area contributed by atoms with E-state index in [0.717, 1.165) is 0 Å². The molecule has 0 fully saturated rings. The molecule has 0 heterocycles. The molecule has 1 aromatic carbocycles. The van der Waals surface area contributed by atoms with Gasteiger partial charge in [0.15, 0.2) is 0 Å². The van der Waals surface area contributed by atoms with Crippen molar-refractivity contribution in [2.24, 2.45) is 0 Å². The fourth-order valence-electron chi connectivity index (χ4n) is 0.637. The molecule has 0 bridgehead atoms. The van der Waals surface area contributed by atoms with Gasteiger partial charge in [0.25, 0.3) is 0 Å². The van der Waals surface area contributed by atoms with Crippen LogP contribution < -0.4 is 0 Å². The second-order valence-corrected chi connectivity index (χ2v) is 2.15. The first-order chi connectivity index (χ1) is 3.79. The van der Waals surface area contributed by atoms with Gasteiger partial charge in [0.05, 0.1) is 0 Å². The third-order valence-corrected chi connectivity index (χ3v) is 1.22. The van der Waals surface area contributed by atoms with Crippen molar-refractivity contribution in [2.45, 2.75) is 13.8 Å². The van der Waals surface area contributed by atoms with Crippen molar-refractivity contribution in [3.8, 4) is 0 Å². The van der Waals surface area contributed by atoms with E-state index in [0.29, 0.717) is 0 Å². The van der Waals surface area contributed by atoms with E-state index in [-0.39, 0.29) is 19.8 Å². The number of aryl methyl sites for hydroxylation is 2. The summed E-state index contributed by atoms with van der Waals surface area (Å²) in [6.07, 6.45) is 0. The van der Waals surface area contributed by atoms with E-state index in [2.05, 4.69) is 38.1 Å². The minimum absolute atomic E-state index is 0. The minimum atomic E-state index is 0. The summed E-state index contributed by atoms with van der Waals surface area (Å²) in [4.78, 5) is 0. The van der Waals surface area contributed by atoms with Crippen molar-refractivity contribution in [3.05, 3.63) is 35.4 Å². The monoisotopic (exact) mass is 178 g/mol. The molecule has 0 nitrogen and oxygen atoms in total. The van der Waals surface area contributed by atoms with Crippen LogP contribution in [0, 0.1) is 13.8 Å². The fraction of sp³-hybridized carbons (Fsp3) is 0.250. The molecule has 0 amide bonds. The Hall–Kier alpha value is -0.144. The Morgan fingerprint density at radius 2 is 1.00 bits per heavy atom. The second-order valence-electron chi connectivity index (χ2n) is 2.15. The van der Waals surface area contributed by atoms with Gasteiger partial charge >= 0.3 is 19.8 Å². The zero-order valence-corrected chi connectivity index (χ0v) is 5.31. The predicted octanol–water partition coefficient (Wildman–Crippen LogP) is 1.12. The molecule has 0 aliphatic rings. The maximum absolute atomic E-state index is 2.12. The number of hydrogen-bond donors (Lipinski definition) is 0. The molecule has 1 rings (SSSR count). The molecule has 0 atom stereocenters. The van der Waals surface area contributed by atoms with Gasteiger partial charge in [-0.1, -0.05) is 35.4 Å². The first-order valence-corrected chi connectivity index (χ1v) is 2.82. The first-order valence-electron chi connectivity index (χ1n) is 2.82. The molecular weight excluding hydrogens is 166 g/mol. The molecule has 0 N–H and O–H groups in total. The van der Waals surface area contributed by atoms with Crippen LogP contribution in [0.25, 0.3) is 0 Å². The Morgan fingerprint density at radius 3 is 1.22 bits per heavy atom. The molecule has 0 saturated carbocycles. The van der Waals surface area contributed by atoms with Crippen LogP contribution in [0.15, 0.2) is 24.3 Å². The van der Waals surface area contributed by atoms with Gasteiger partial charge in [-0.2, -0.15) is 0 Å². The summed E-state index contributed by atoms with van der Waals surface area (Å²) < 4.78 is 0. The Morgan fingerprint density at radius 1 is 0.778 bits per heavy atom. The average molecular weight is 179 g/mol. The molecule has 0 spiro atoms. The fourth-order valence-corrected chi connectivity index (χ4v) is 0.637. The number of rotatable bonds is 0. The van der Waals surface area contributed by atoms with Crippen molar-refractivity contribution >= 4 is 19.8 Å². The van der Waals surface area contributed by atoms with E-state index in [1.54, 1.807) is 0 Å². The SMILES string of the molecule is Cc1ccc(C)cc1.[GaH3]. The van der Waals surface area contributed by atoms with Gasteiger partial charge in [0.1, 0.15) is 0 Å². The van der Waals surface area contributed by atoms with Gasteiger partial charge in [-0.25, -0.2) is 0 Å². The zero-order valence-electron chi connectivity index (χ0n) is 5.31. The molecule has 48 valence electrons. The maximum atomic E-state index is 2.12. The molecular formula is C8H13Ga. The Bertz CT molecular complexity index is 143. The standard InChI is InChI=1S/C8H10.Ga.3H/c1-7-3-5-8(2)6-4-7;;;;/h3-6H,1-2H3;;;;. The van der Waals surface area contributed by atoms with Gasteiger partial charge in [0, 0.05) is 0 Å². The van der Waals surface area contributed by atoms with Crippen LogP contribution in [-0.2, 0) is 0 Å². The van der Waals surface area contributed by atoms with Crippen molar-refractivity contribution in [1.29, 1.82) is 0 Å². The molecule has 1 aromatic rings. The van der Waals surface area contributed by atoms with Crippen LogP contribution in [0.5, 0.6) is 0 Å². The molecule has 0 aromatic heterocycles. The third-order valence-electron chi connectivity index (χ3n) is 1.22. The van der Waals surface area contributed by atoms with Crippen LogP contribution in [0.3, 0.4) is 0 Å². The number of benzene rings is 1. The van der Waals surface area contributed by atoms with Gasteiger partial charge in [0.2, 0.25) is 0 Å². The third kappa shape index (κ3) is 2.77. The van der Waals surface area contributed by atoms with Crippen LogP contribution >= 0.6 is 0 Å². The summed E-state index contributed by atoms with van der Waals surface area (Å²) in [5.41, 5.74) is 2.66. The van der Waals surface area contributed by atoms with Crippen molar-refractivity contribution < 1.29 is 0 Å². The van der Waals surface area contributed by atoms with Gasteiger partial charge in [-0.05, 0) is 13.8 Å². The summed E-state index contributed by atoms with van der Waals surface area (Å²) in [7, 11) is 0. The summed E-state index contributed by atoms with van der Waals surface area (Å²) in [6, 6.07) is 8.48. The summed E-state index contributed by atoms with van der Waals surface area (Å²) in [6.45, 7) is 4.19. The topological polar surface area (TPSA) is 0 Å². The van der Waals surface area contributed by atoms with Crippen LogP contribution in [0.4, 0.5) is 0 Å². The molecule has 0 radical (unpaired) electrons. The Labute approximate surface area is 69.3 Å².